The van der Waals surface area contributed by atoms with Crippen molar-refractivity contribution in [1.82, 2.24) is 9.88 Å². The second kappa shape index (κ2) is 7.90. The molecule has 0 bridgehead atoms. The Hall–Kier alpha value is -2.72. The molecule has 2 heterocycles. The average molecular weight is 342 g/mol. The van der Waals surface area contributed by atoms with Crippen LogP contribution < -0.4 is 14.4 Å². The third kappa shape index (κ3) is 4.03. The number of nitrogens with zero attached hydrogens (tertiary/aromatic N) is 4. The topological polar surface area (TPSA) is 74.8 Å². The number of benzene rings is 1. The second-order valence-corrected chi connectivity index (χ2v) is 5.76. The summed E-state index contributed by atoms with van der Waals surface area (Å²) in [5, 5.41) is 9.34. The Kier molecular flexibility index (Phi) is 5.41. The van der Waals surface area contributed by atoms with Gasteiger partial charge in [-0.3, -0.25) is 0 Å². The van der Waals surface area contributed by atoms with Gasteiger partial charge in [0.1, 0.15) is 17.6 Å². The molecule has 1 saturated heterocycles. The highest BCUT2D eigenvalue weighted by Gasteiger charge is 2.23. The lowest BCUT2D eigenvalue weighted by Gasteiger charge is -2.33. The molecule has 0 spiro atoms. The molecule has 7 heteroatoms. The number of rotatable bonds is 6. The Morgan fingerprint density at radius 3 is 2.44 bits per heavy atom. The molecular formula is C18H22N4O3. The molecule has 0 N–H and O–H groups in total. The smallest absolute Gasteiger partial charge is 0.236 e. The van der Waals surface area contributed by atoms with Crippen LogP contribution >= 0.6 is 0 Å². The van der Waals surface area contributed by atoms with Crippen LogP contribution in [0.4, 0.5) is 5.88 Å². The molecule has 25 heavy (non-hydrogen) atoms. The van der Waals surface area contributed by atoms with Gasteiger partial charge in [0.15, 0.2) is 6.61 Å². The number of anilines is 1. The Bertz CT molecular complexity index is 728. The Morgan fingerprint density at radius 2 is 1.84 bits per heavy atom. The minimum Gasteiger partial charge on any atom is -0.497 e. The summed E-state index contributed by atoms with van der Waals surface area (Å²) in [6, 6.07) is 9.40. The van der Waals surface area contributed by atoms with Crippen LogP contribution in [0, 0.1) is 11.3 Å². The lowest BCUT2D eigenvalue weighted by molar-refractivity contribution is 0.252. The fourth-order valence-electron chi connectivity index (χ4n) is 2.79. The van der Waals surface area contributed by atoms with E-state index in [1.165, 1.54) is 0 Å². The molecule has 1 fully saturated rings. The molecule has 0 unspecified atom stereocenters. The summed E-state index contributed by atoms with van der Waals surface area (Å²) >= 11 is 0. The molecule has 0 amide bonds. The number of methoxy groups -OCH3 is 1. The van der Waals surface area contributed by atoms with E-state index in [0.717, 1.165) is 38.5 Å². The molecule has 1 aliphatic heterocycles. The molecule has 0 saturated carbocycles. The largest absolute Gasteiger partial charge is 0.497 e. The van der Waals surface area contributed by atoms with Gasteiger partial charge in [-0.05, 0) is 30.8 Å². The van der Waals surface area contributed by atoms with E-state index in [9.17, 15) is 5.26 Å². The summed E-state index contributed by atoms with van der Waals surface area (Å²) in [7, 11) is 1.62. The number of piperazine rings is 1. The molecule has 1 aromatic carbocycles. The van der Waals surface area contributed by atoms with Crippen LogP contribution in [-0.4, -0.2) is 49.7 Å². The van der Waals surface area contributed by atoms with Crippen molar-refractivity contribution in [1.29, 1.82) is 5.26 Å². The van der Waals surface area contributed by atoms with Gasteiger partial charge in [0.25, 0.3) is 0 Å². The van der Waals surface area contributed by atoms with E-state index in [2.05, 4.69) is 27.8 Å². The summed E-state index contributed by atoms with van der Waals surface area (Å²) in [6.07, 6.45) is 0. The minimum atomic E-state index is 0.177. The molecule has 7 nitrogen and oxygen atoms in total. The first-order valence-electron chi connectivity index (χ1n) is 8.37. The van der Waals surface area contributed by atoms with Gasteiger partial charge in [-0.2, -0.15) is 10.2 Å². The zero-order valence-electron chi connectivity index (χ0n) is 14.6. The van der Waals surface area contributed by atoms with Gasteiger partial charge in [-0.25, -0.2) is 0 Å². The van der Waals surface area contributed by atoms with Gasteiger partial charge < -0.3 is 23.7 Å². The highest BCUT2D eigenvalue weighted by molar-refractivity contribution is 5.48. The summed E-state index contributed by atoms with van der Waals surface area (Å²) in [5.74, 6) is 2.41. The first-order valence-corrected chi connectivity index (χ1v) is 8.37. The number of hydrogen-bond donors (Lipinski definition) is 0. The predicted octanol–water partition coefficient (Wildman–Crippen LogP) is 2.28. The van der Waals surface area contributed by atoms with Crippen molar-refractivity contribution in [2.75, 3.05) is 44.7 Å². The van der Waals surface area contributed by atoms with E-state index in [-0.39, 0.29) is 6.61 Å². The van der Waals surface area contributed by atoms with E-state index < -0.39 is 0 Å². The Morgan fingerprint density at radius 1 is 1.16 bits per heavy atom. The van der Waals surface area contributed by atoms with Crippen LogP contribution in [0.1, 0.15) is 18.5 Å². The highest BCUT2D eigenvalue weighted by atomic mass is 16.5. The Labute approximate surface area is 147 Å². The molecule has 0 radical (unpaired) electrons. The molecule has 0 aliphatic carbocycles. The van der Waals surface area contributed by atoms with Crippen LogP contribution in [0.3, 0.4) is 0 Å². The standard InChI is InChI=1S/C18H22N4O3/c1-3-21-8-10-22(11-9-21)18-16(12-19)20-17(25-18)13-24-15-6-4-14(23-2)5-7-15/h4-7H,3,8-11,13H2,1-2H3. The van der Waals surface area contributed by atoms with Gasteiger partial charge in [0.2, 0.25) is 17.5 Å². The first-order chi connectivity index (χ1) is 12.2. The quantitative estimate of drug-likeness (QED) is 0.797. The zero-order chi connectivity index (χ0) is 17.6. The van der Waals surface area contributed by atoms with Gasteiger partial charge in [0.05, 0.1) is 7.11 Å². The monoisotopic (exact) mass is 342 g/mol. The van der Waals surface area contributed by atoms with Crippen molar-refractivity contribution < 1.29 is 13.9 Å². The van der Waals surface area contributed by atoms with Crippen molar-refractivity contribution >= 4 is 5.88 Å². The maximum absolute atomic E-state index is 9.34. The molecule has 1 aromatic heterocycles. The molecule has 2 aromatic rings. The minimum absolute atomic E-state index is 0.177. The van der Waals surface area contributed by atoms with Crippen LogP contribution in [0.25, 0.3) is 0 Å². The van der Waals surface area contributed by atoms with E-state index in [1.807, 2.05) is 24.3 Å². The number of aromatic nitrogens is 1. The number of oxazole rings is 1. The number of ether oxygens (including phenoxy) is 2. The predicted molar refractivity (Wildman–Crippen MR) is 92.9 cm³/mol. The normalized spacial score (nSPS) is 15.0. The summed E-state index contributed by atoms with van der Waals surface area (Å²) < 4.78 is 16.6. The van der Waals surface area contributed by atoms with E-state index >= 15 is 0 Å². The first kappa shape index (κ1) is 17.1. The van der Waals surface area contributed by atoms with Crippen LogP contribution in [-0.2, 0) is 6.61 Å². The van der Waals surface area contributed by atoms with Crippen molar-refractivity contribution in [3.8, 4) is 17.6 Å². The van der Waals surface area contributed by atoms with E-state index in [4.69, 9.17) is 13.9 Å². The van der Waals surface area contributed by atoms with Crippen LogP contribution in [0.5, 0.6) is 11.5 Å². The van der Waals surface area contributed by atoms with Crippen molar-refractivity contribution in [3.63, 3.8) is 0 Å². The van der Waals surface area contributed by atoms with Crippen LogP contribution in [0.15, 0.2) is 28.7 Å². The van der Waals surface area contributed by atoms with Crippen molar-refractivity contribution in [3.05, 3.63) is 35.9 Å². The van der Waals surface area contributed by atoms with Crippen molar-refractivity contribution in [2.45, 2.75) is 13.5 Å². The third-order valence-electron chi connectivity index (χ3n) is 4.29. The van der Waals surface area contributed by atoms with Gasteiger partial charge in [-0.1, -0.05) is 6.92 Å². The average Bonchev–Trinajstić information content (AvgIpc) is 3.10. The maximum atomic E-state index is 9.34. The van der Waals surface area contributed by atoms with Gasteiger partial charge in [0, 0.05) is 26.2 Å². The van der Waals surface area contributed by atoms with E-state index in [0.29, 0.717) is 23.2 Å². The summed E-state index contributed by atoms with van der Waals surface area (Å²) in [4.78, 5) is 8.70. The third-order valence-corrected chi connectivity index (χ3v) is 4.29. The van der Waals surface area contributed by atoms with E-state index in [1.54, 1.807) is 7.11 Å². The Balaban J connectivity index is 1.65. The number of nitriles is 1. The molecule has 1 aliphatic rings. The highest BCUT2D eigenvalue weighted by Crippen LogP contribution is 2.24. The number of likely N-dealkylation sites (N-methyl/N-ethyl adjacent to an activating group) is 1. The SMILES string of the molecule is CCN1CCN(c2oc(COc3ccc(OC)cc3)nc2C#N)CC1. The zero-order valence-corrected chi connectivity index (χ0v) is 14.6. The summed E-state index contributed by atoms with van der Waals surface area (Å²) in [5.41, 5.74) is 0.318. The lowest BCUT2D eigenvalue weighted by Crippen LogP contribution is -2.46. The van der Waals surface area contributed by atoms with Gasteiger partial charge in [-0.15, -0.1) is 0 Å². The van der Waals surface area contributed by atoms with Gasteiger partial charge >= 0.3 is 0 Å². The fraction of sp³-hybridized carbons (Fsp3) is 0.444. The molecular weight excluding hydrogens is 320 g/mol. The molecule has 3 rings (SSSR count). The fourth-order valence-corrected chi connectivity index (χ4v) is 2.79. The molecule has 132 valence electrons. The molecule has 0 atom stereocenters. The maximum Gasteiger partial charge on any atom is 0.236 e. The summed E-state index contributed by atoms with van der Waals surface area (Å²) in [6.45, 7) is 6.94. The van der Waals surface area contributed by atoms with Crippen LogP contribution in [0.2, 0.25) is 0 Å². The second-order valence-electron chi connectivity index (χ2n) is 5.76. The van der Waals surface area contributed by atoms with Crippen molar-refractivity contribution in [2.24, 2.45) is 0 Å². The lowest BCUT2D eigenvalue weighted by atomic mass is 10.3. The number of hydrogen-bond acceptors (Lipinski definition) is 7.